The minimum absolute atomic E-state index is 0.0354. The lowest BCUT2D eigenvalue weighted by molar-refractivity contribution is -0.382. The van der Waals surface area contributed by atoms with Gasteiger partial charge >= 0.3 is 5.97 Å². The zero-order chi connectivity index (χ0) is 70.0. The van der Waals surface area contributed by atoms with Gasteiger partial charge in [0.05, 0.1) is 56.8 Å². The minimum atomic E-state index is -1.93. The van der Waals surface area contributed by atoms with Crippen LogP contribution < -0.4 is 0 Å². The smallest absolute Gasteiger partial charge is 0.314 e. The van der Waals surface area contributed by atoms with Crippen LogP contribution in [-0.4, -0.2) is 315 Å². The van der Waals surface area contributed by atoms with Gasteiger partial charge in [-0.1, -0.05) is 39.8 Å². The number of hydrogen-bond acceptors (Lipinski definition) is 31. The summed E-state index contributed by atoms with van der Waals surface area (Å²) in [6.45, 7) is 15.3. The van der Waals surface area contributed by atoms with E-state index in [4.69, 9.17) is 56.8 Å². The topological polar surface area (TPSA) is 492 Å². The molecule has 5 aliphatic carbocycles. The maximum absolute atomic E-state index is 15.3. The summed E-state index contributed by atoms with van der Waals surface area (Å²) in [7, 11) is 0. The monoisotopic (exact) mass is 1380 g/mol. The molecule has 11 rings (SSSR count). The van der Waals surface area contributed by atoms with Crippen molar-refractivity contribution in [3.05, 3.63) is 12.2 Å². The molecule has 6 saturated heterocycles. The molecule has 31 heteroatoms. The number of allylic oxidation sites excluding steroid dienone is 1. The molecule has 0 aromatic heterocycles. The Morgan fingerprint density at radius 2 is 1.02 bits per heavy atom. The number of hydrogen-bond donors (Lipinski definition) is 18. The maximum Gasteiger partial charge on any atom is 0.314 e. The summed E-state index contributed by atoms with van der Waals surface area (Å²) in [5.41, 5.74) is -2.21. The molecule has 0 radical (unpaired) electrons. The van der Waals surface area contributed by atoms with E-state index < -0.39 is 233 Å². The van der Waals surface area contributed by atoms with Crippen LogP contribution in [0.3, 0.4) is 0 Å². The Morgan fingerprint density at radius 1 is 0.479 bits per heavy atom. The molecule has 31 nitrogen and oxygen atoms in total. The largest absolute Gasteiger partial charge is 0.432 e. The van der Waals surface area contributed by atoms with E-state index in [9.17, 15) is 91.9 Å². The Hall–Kier alpha value is -1.95. The van der Waals surface area contributed by atoms with Crippen molar-refractivity contribution in [3.63, 3.8) is 0 Å². The molecular formula is C65H106O31. The Kier molecular flexibility index (Phi) is 22.4. The first-order chi connectivity index (χ1) is 45.2. The Bertz CT molecular complexity index is 2670. The summed E-state index contributed by atoms with van der Waals surface area (Å²) < 4.78 is 71.8. The highest BCUT2D eigenvalue weighted by Gasteiger charge is 2.73. The predicted molar refractivity (Wildman–Crippen MR) is 321 cm³/mol. The number of carbonyl (C=O) groups is 1. The van der Waals surface area contributed by atoms with E-state index in [2.05, 4.69) is 27.4 Å². The Balaban J connectivity index is 0.776. The minimum Gasteiger partial charge on any atom is -0.432 e. The lowest BCUT2D eigenvalue weighted by atomic mass is 9.32. The van der Waals surface area contributed by atoms with E-state index in [1.807, 2.05) is 13.8 Å². The second-order valence-corrected chi connectivity index (χ2v) is 30.8. The van der Waals surface area contributed by atoms with Crippen molar-refractivity contribution in [3.8, 4) is 0 Å². The second-order valence-electron chi connectivity index (χ2n) is 30.8. The first kappa shape index (κ1) is 75.2. The lowest BCUT2D eigenvalue weighted by Gasteiger charge is -2.73. The van der Waals surface area contributed by atoms with Crippen molar-refractivity contribution in [2.45, 2.75) is 297 Å². The van der Waals surface area contributed by atoms with Crippen LogP contribution in [0.2, 0.25) is 0 Å². The molecule has 0 spiro atoms. The van der Waals surface area contributed by atoms with Crippen LogP contribution in [-0.2, 0) is 61.6 Å². The summed E-state index contributed by atoms with van der Waals surface area (Å²) in [6.07, 6.45) is -42.1. The van der Waals surface area contributed by atoms with Crippen LogP contribution in [0.1, 0.15) is 113 Å². The average Bonchev–Trinajstić information content (AvgIpc) is 1.14. The molecule has 6 aliphatic heterocycles. The van der Waals surface area contributed by atoms with Gasteiger partial charge < -0.3 is 149 Å². The van der Waals surface area contributed by atoms with Crippen LogP contribution in [0.5, 0.6) is 0 Å². The normalized spacial score (nSPS) is 56.0. The lowest BCUT2D eigenvalue weighted by Crippen LogP contribution is -2.68. The highest BCUT2D eigenvalue weighted by atomic mass is 16.8. The summed E-state index contributed by atoms with van der Waals surface area (Å²) in [5, 5.41) is 196. The quantitative estimate of drug-likeness (QED) is 0.0369. The molecule has 0 bridgehead atoms. The van der Waals surface area contributed by atoms with E-state index in [1.165, 1.54) is 13.8 Å². The molecule has 11 fully saturated rings. The first-order valence-corrected chi connectivity index (χ1v) is 34.2. The third-order valence-corrected chi connectivity index (χ3v) is 25.8. The van der Waals surface area contributed by atoms with Gasteiger partial charge in [0.15, 0.2) is 31.5 Å². The first-order valence-electron chi connectivity index (χ1n) is 34.2. The number of ether oxygens (including phenoxy) is 12. The van der Waals surface area contributed by atoms with E-state index >= 15 is 4.79 Å². The maximum atomic E-state index is 15.3. The second kappa shape index (κ2) is 28.6. The molecule has 0 aromatic carbocycles. The van der Waals surface area contributed by atoms with Crippen molar-refractivity contribution in [1.29, 1.82) is 0 Å². The summed E-state index contributed by atoms with van der Waals surface area (Å²) >= 11 is 0. The fourth-order valence-corrected chi connectivity index (χ4v) is 19.9. The van der Waals surface area contributed by atoms with Crippen molar-refractivity contribution in [2.24, 2.45) is 56.7 Å². The molecule has 40 atom stereocenters. The van der Waals surface area contributed by atoms with Gasteiger partial charge in [0, 0.05) is 5.41 Å². The van der Waals surface area contributed by atoms with E-state index in [-0.39, 0.29) is 47.0 Å². The van der Waals surface area contributed by atoms with Gasteiger partial charge in [-0.15, -0.1) is 0 Å². The number of rotatable bonds is 17. The Morgan fingerprint density at radius 3 is 1.61 bits per heavy atom. The van der Waals surface area contributed by atoms with Crippen molar-refractivity contribution >= 4 is 5.97 Å². The summed E-state index contributed by atoms with van der Waals surface area (Å²) in [5.74, 6) is -1.10. The van der Waals surface area contributed by atoms with Gasteiger partial charge in [-0.2, -0.15) is 0 Å². The SMILES string of the molecule is C=C(C)C1CC[C@]2(C(=O)O[C@@H]3O[C@H](CO[C@@H]4O[C@H](CO)[C@@H](O[C@@H]5O[C@@H](C)[C@H](O)[C@@H](O)[C@H]5O)[C@H](O)[C@H]4O)[C@@H](O)[C@H](O)[C@H]3O)CC[C@]3(C)C(CCC4[C@@]5(C)CC[C@H](O[C@H]6OC[C@@H](OC7O[C@H](CO)[C@@H](O)[C@H](O)[C@H]7O)C(O)[C@@H]6O[C@@H]6O[C@@H](C)[C@H](O)[C@@H](O)[C@H]6O)[C@@](C)(CO)C5CC[C@]43C)C12. The predicted octanol–water partition coefficient (Wildman–Crippen LogP) is -4.86. The highest BCUT2D eigenvalue weighted by Crippen LogP contribution is 2.78. The van der Waals surface area contributed by atoms with Gasteiger partial charge in [-0.3, -0.25) is 4.79 Å². The molecule has 18 N–H and O–H groups in total. The number of fused-ring (bicyclic) bond motifs is 7. The third kappa shape index (κ3) is 12.6. The standard InChI is InChI=1S/C65H106O31/c1-24(2)27-11-16-65(60(84)96-58-50(82)45(77)40(72)31(91-58)21-85-54-51(83)46(78)52(30(20-67)90-54)94-55-47(79)42(74)37(69)25(3)87-55)18-17-63(7)28(36(27)65)9-10-34-61(5)14-13-35(62(6,23-68)33(61)12-15-64(34,63)8)93-59-53(95-56-48(80)43(75)38(70)26(4)88-56)41(73)32(22-86-59)92-57-49(81)44(76)39(71)29(19-66)89-57/h25-59,66-83H,1,9-23H2,2-8H3/t25-,26-,27?,28?,29+,30+,31+,32+,33?,34?,35-,36?,37-,38-,39+,40+,41?,42+,43+,44-,45-,46+,47+,48+,49+,50+,51+,52+,53-,54+,55-,56-,57?,58-,59+,61-,62-,63+,64+,65-/m0/s1. The van der Waals surface area contributed by atoms with Crippen molar-refractivity contribution < 1.29 is 154 Å². The zero-order valence-corrected chi connectivity index (χ0v) is 55.4. The van der Waals surface area contributed by atoms with Crippen molar-refractivity contribution in [2.75, 3.05) is 33.0 Å². The molecule has 552 valence electrons. The highest BCUT2D eigenvalue weighted by molar-refractivity contribution is 5.78. The molecule has 7 unspecified atom stereocenters. The fraction of sp³-hybridized carbons (Fsp3) is 0.954. The number of aliphatic hydroxyl groups is 18. The molecule has 96 heavy (non-hydrogen) atoms. The molecular weight excluding hydrogens is 1280 g/mol. The van der Waals surface area contributed by atoms with Crippen LogP contribution in [0.25, 0.3) is 0 Å². The van der Waals surface area contributed by atoms with E-state index in [0.29, 0.717) is 44.9 Å². The number of carbonyl (C=O) groups excluding carboxylic acids is 1. The molecule has 6 heterocycles. The van der Waals surface area contributed by atoms with Crippen LogP contribution in [0.15, 0.2) is 12.2 Å². The van der Waals surface area contributed by atoms with Gasteiger partial charge in [-0.05, 0) is 131 Å². The van der Waals surface area contributed by atoms with E-state index in [0.717, 1.165) is 24.8 Å². The molecule has 11 aliphatic rings. The van der Waals surface area contributed by atoms with Gasteiger partial charge in [0.2, 0.25) is 6.29 Å². The van der Waals surface area contributed by atoms with Crippen LogP contribution in [0.4, 0.5) is 0 Å². The Labute approximate surface area is 556 Å². The third-order valence-electron chi connectivity index (χ3n) is 25.8. The molecule has 5 saturated carbocycles. The summed E-state index contributed by atoms with van der Waals surface area (Å²) in [6, 6.07) is 0. The zero-order valence-electron chi connectivity index (χ0n) is 55.4. The molecule has 0 amide bonds. The average molecular weight is 1380 g/mol. The van der Waals surface area contributed by atoms with Gasteiger partial charge in [0.25, 0.3) is 0 Å². The number of esters is 1. The van der Waals surface area contributed by atoms with Gasteiger partial charge in [-0.25, -0.2) is 0 Å². The van der Waals surface area contributed by atoms with Crippen molar-refractivity contribution in [1.82, 2.24) is 0 Å². The number of aliphatic hydroxyl groups excluding tert-OH is 18. The fourth-order valence-electron chi connectivity index (χ4n) is 19.9. The molecule has 0 aromatic rings. The van der Waals surface area contributed by atoms with E-state index in [1.54, 1.807) is 0 Å². The summed E-state index contributed by atoms with van der Waals surface area (Å²) in [4.78, 5) is 15.3. The van der Waals surface area contributed by atoms with Crippen LogP contribution >= 0.6 is 0 Å². The van der Waals surface area contributed by atoms with Crippen LogP contribution in [0, 0.1) is 56.7 Å². The van der Waals surface area contributed by atoms with Gasteiger partial charge in [0.1, 0.15) is 128 Å².